The number of aromatic nitrogens is 4. The average molecular weight is 594 g/mol. The number of amides is 1. The Balaban J connectivity index is 1.37. The van der Waals surface area contributed by atoms with E-state index in [1.807, 2.05) is 36.7 Å². The minimum Gasteiger partial charge on any atom is -0.379 e. The van der Waals surface area contributed by atoms with Gasteiger partial charge in [-0.05, 0) is 67.6 Å². The highest BCUT2D eigenvalue weighted by Gasteiger charge is 2.43. The van der Waals surface area contributed by atoms with Crippen molar-refractivity contribution in [1.82, 2.24) is 24.6 Å². The molecule has 12 heteroatoms. The van der Waals surface area contributed by atoms with Crippen molar-refractivity contribution in [2.75, 3.05) is 49.3 Å². The summed E-state index contributed by atoms with van der Waals surface area (Å²) in [5.74, 6) is 2.35. The van der Waals surface area contributed by atoms with Crippen molar-refractivity contribution in [1.29, 1.82) is 0 Å². The van der Waals surface area contributed by atoms with Gasteiger partial charge < -0.3 is 14.6 Å². The molecule has 42 heavy (non-hydrogen) atoms. The molecule has 0 saturated carbocycles. The third kappa shape index (κ3) is 5.43. The topological polar surface area (TPSA) is 123 Å². The van der Waals surface area contributed by atoms with Crippen LogP contribution in [-0.2, 0) is 46.5 Å². The number of aryl methyl sites for hydroxylation is 1. The monoisotopic (exact) mass is 593 g/mol. The number of rotatable bonds is 9. The van der Waals surface area contributed by atoms with Crippen molar-refractivity contribution >= 4 is 27.4 Å². The minimum atomic E-state index is -3.57. The zero-order valence-corrected chi connectivity index (χ0v) is 25.6. The summed E-state index contributed by atoms with van der Waals surface area (Å²) in [6.07, 6.45) is 5.86. The van der Waals surface area contributed by atoms with Crippen LogP contribution in [0.5, 0.6) is 0 Å². The largest absolute Gasteiger partial charge is 0.379 e. The highest BCUT2D eigenvalue weighted by molar-refractivity contribution is 7.90. The number of anilines is 2. The number of nitrogens with zero attached hydrogens (tertiary/aromatic N) is 6. The van der Waals surface area contributed by atoms with Gasteiger partial charge in [0.1, 0.15) is 23.8 Å². The molecular weight excluding hydrogens is 554 g/mol. The number of nitrogens with one attached hydrogen (secondary N) is 1. The van der Waals surface area contributed by atoms with Crippen LogP contribution in [-0.4, -0.2) is 78.1 Å². The van der Waals surface area contributed by atoms with Crippen LogP contribution in [0.15, 0.2) is 35.5 Å². The van der Waals surface area contributed by atoms with E-state index < -0.39 is 9.84 Å². The lowest BCUT2D eigenvalue weighted by Crippen LogP contribution is -2.49. The second-order valence-electron chi connectivity index (χ2n) is 12.2. The summed E-state index contributed by atoms with van der Waals surface area (Å²) in [7, 11) is -1.65. The first kappa shape index (κ1) is 28.8. The summed E-state index contributed by atoms with van der Waals surface area (Å²) in [5.41, 5.74) is 2.48. The molecule has 0 radical (unpaired) electrons. The predicted molar refractivity (Wildman–Crippen MR) is 159 cm³/mol. The molecule has 2 aromatic heterocycles. The first-order valence-corrected chi connectivity index (χ1v) is 16.5. The number of sulfone groups is 1. The molecule has 3 aliphatic heterocycles. The molecule has 2 fully saturated rings. The van der Waals surface area contributed by atoms with Gasteiger partial charge in [0.2, 0.25) is 0 Å². The fourth-order valence-corrected chi connectivity index (χ4v) is 7.44. The van der Waals surface area contributed by atoms with E-state index in [1.54, 1.807) is 17.3 Å². The van der Waals surface area contributed by atoms with Gasteiger partial charge >= 0.3 is 0 Å². The molecule has 0 bridgehead atoms. The van der Waals surface area contributed by atoms with Crippen molar-refractivity contribution in [2.45, 2.75) is 56.5 Å². The number of pyridine rings is 1. The van der Waals surface area contributed by atoms with Crippen LogP contribution in [0.25, 0.3) is 0 Å². The summed E-state index contributed by atoms with van der Waals surface area (Å²) in [5, 5.41) is 11.6. The van der Waals surface area contributed by atoms with E-state index >= 15 is 0 Å². The Morgan fingerprint density at radius 3 is 2.64 bits per heavy atom. The van der Waals surface area contributed by atoms with E-state index in [-0.39, 0.29) is 22.8 Å². The zero-order valence-electron chi connectivity index (χ0n) is 24.8. The first-order chi connectivity index (χ1) is 20.1. The second kappa shape index (κ2) is 11.1. The second-order valence-corrected chi connectivity index (χ2v) is 14.2. The van der Waals surface area contributed by atoms with Crippen LogP contribution in [0.3, 0.4) is 0 Å². The van der Waals surface area contributed by atoms with E-state index in [2.05, 4.69) is 27.3 Å². The lowest BCUT2D eigenvalue weighted by molar-refractivity contribution is -0.0611. The van der Waals surface area contributed by atoms with E-state index in [1.165, 1.54) is 12.7 Å². The molecule has 1 amide bonds. The van der Waals surface area contributed by atoms with Gasteiger partial charge in [0.15, 0.2) is 9.84 Å². The molecule has 1 atom stereocenters. The number of hydrogen-bond donors (Lipinski definition) is 1. The van der Waals surface area contributed by atoms with Crippen molar-refractivity contribution in [3.05, 3.63) is 58.7 Å². The molecule has 0 spiro atoms. The zero-order chi connectivity index (χ0) is 29.6. The Kier molecular flexibility index (Phi) is 7.57. The van der Waals surface area contributed by atoms with Gasteiger partial charge in [0.25, 0.3) is 5.91 Å². The van der Waals surface area contributed by atoms with Gasteiger partial charge in [-0.2, -0.15) is 0 Å². The van der Waals surface area contributed by atoms with Crippen LogP contribution < -0.4 is 10.2 Å². The number of carbonyl (C=O) groups excluding carboxylic acids is 1. The minimum absolute atomic E-state index is 0.145. The van der Waals surface area contributed by atoms with Crippen LogP contribution in [0.1, 0.15) is 59.6 Å². The Morgan fingerprint density at radius 1 is 1.19 bits per heavy atom. The van der Waals surface area contributed by atoms with E-state index in [0.29, 0.717) is 61.4 Å². The van der Waals surface area contributed by atoms with E-state index in [0.717, 1.165) is 36.5 Å². The highest BCUT2D eigenvalue weighted by Crippen LogP contribution is 2.40. The van der Waals surface area contributed by atoms with Crippen LogP contribution in [0.4, 0.5) is 11.6 Å². The molecule has 0 aliphatic carbocycles. The SMILES string of the molecule is CCNc1cc(C2(Cc3nncn3C)COC2)cc(N2Cc3c(cc(CN4CCC[C@H](C)C4)cc3S(C)(=O)=O)C2=O)n1. The fraction of sp³-hybridized carbons (Fsp3) is 0.533. The number of ether oxygens (including phenoxy) is 1. The average Bonchev–Trinajstić information content (AvgIpc) is 3.47. The smallest absolute Gasteiger partial charge is 0.260 e. The first-order valence-electron chi connectivity index (χ1n) is 14.6. The summed E-state index contributed by atoms with van der Waals surface area (Å²) in [6, 6.07) is 7.61. The number of piperidine rings is 1. The predicted octanol–water partition coefficient (Wildman–Crippen LogP) is 2.95. The maximum absolute atomic E-state index is 14.0. The lowest BCUT2D eigenvalue weighted by atomic mass is 9.75. The molecule has 1 N–H and O–H groups in total. The van der Waals surface area contributed by atoms with Crippen molar-refractivity contribution < 1.29 is 17.9 Å². The van der Waals surface area contributed by atoms with Gasteiger partial charge in [-0.1, -0.05) is 6.92 Å². The van der Waals surface area contributed by atoms with Crippen LogP contribution in [0, 0.1) is 5.92 Å². The molecule has 0 unspecified atom stereocenters. The molecule has 6 rings (SSSR count). The molecule has 2 saturated heterocycles. The third-order valence-electron chi connectivity index (χ3n) is 8.72. The normalized spacial score (nSPS) is 20.4. The molecule has 224 valence electrons. The molecule has 3 aromatic rings. The van der Waals surface area contributed by atoms with Gasteiger partial charge in [-0.25, -0.2) is 13.4 Å². The number of hydrogen-bond acceptors (Lipinski definition) is 9. The van der Waals surface area contributed by atoms with Crippen LogP contribution >= 0.6 is 0 Å². The van der Waals surface area contributed by atoms with Gasteiger partial charge in [0, 0.05) is 55.9 Å². The van der Waals surface area contributed by atoms with E-state index in [9.17, 15) is 13.2 Å². The molecule has 1 aromatic carbocycles. The summed E-state index contributed by atoms with van der Waals surface area (Å²) in [4.78, 5) is 23.0. The molecule has 5 heterocycles. The maximum atomic E-state index is 14.0. The molecule has 3 aliphatic rings. The van der Waals surface area contributed by atoms with Gasteiger partial charge in [-0.15, -0.1) is 10.2 Å². The summed E-state index contributed by atoms with van der Waals surface area (Å²) < 4.78 is 33.6. The Hall–Kier alpha value is -3.35. The van der Waals surface area contributed by atoms with E-state index in [4.69, 9.17) is 9.72 Å². The lowest BCUT2D eigenvalue weighted by Gasteiger charge is -2.42. The molecular formula is C30H39N7O4S. The van der Waals surface area contributed by atoms with Crippen molar-refractivity contribution in [3.63, 3.8) is 0 Å². The number of likely N-dealkylation sites (tertiary alicyclic amines) is 1. The quantitative estimate of drug-likeness (QED) is 0.399. The third-order valence-corrected chi connectivity index (χ3v) is 9.89. The fourth-order valence-electron chi connectivity index (χ4n) is 6.45. The highest BCUT2D eigenvalue weighted by atomic mass is 32.2. The number of fused-ring (bicyclic) bond motifs is 1. The number of carbonyl (C=O) groups is 1. The standard InChI is InChI=1S/C30H39N7O4S/c1-5-31-26-11-22(30(17-41-18-30)13-28-34-32-19-35(28)3)12-27(33-26)37-16-24-23(29(37)38)9-21(10-25(24)42(4,39)40)15-36-8-6-7-20(2)14-36/h9-12,19-20H,5-8,13-18H2,1-4H3,(H,31,33)/t20-/m0/s1. The van der Waals surface area contributed by atoms with Crippen molar-refractivity contribution in [2.24, 2.45) is 13.0 Å². The van der Waals surface area contributed by atoms with Gasteiger partial charge in [-0.3, -0.25) is 14.6 Å². The Bertz CT molecular complexity index is 1620. The molecule has 11 nitrogen and oxygen atoms in total. The van der Waals surface area contributed by atoms with Gasteiger partial charge in [0.05, 0.1) is 24.7 Å². The van der Waals surface area contributed by atoms with Crippen molar-refractivity contribution in [3.8, 4) is 0 Å². The summed E-state index contributed by atoms with van der Waals surface area (Å²) >= 11 is 0. The Morgan fingerprint density at radius 2 is 2.00 bits per heavy atom. The maximum Gasteiger partial charge on any atom is 0.260 e. The van der Waals surface area contributed by atoms with Crippen LogP contribution in [0.2, 0.25) is 0 Å². The summed E-state index contributed by atoms with van der Waals surface area (Å²) in [6.45, 7) is 8.63. The number of benzene rings is 1. The Labute approximate surface area is 247 Å².